The highest BCUT2D eigenvalue weighted by molar-refractivity contribution is 6.30. The molecule has 1 aliphatic heterocycles. The van der Waals surface area contributed by atoms with Gasteiger partial charge in [-0.15, -0.1) is 0 Å². The molecule has 3 aromatic rings. The maximum Gasteiger partial charge on any atom is 0.280 e. The third-order valence-electron chi connectivity index (χ3n) is 4.44. The van der Waals surface area contributed by atoms with Crippen LogP contribution in [0.4, 0.5) is 5.95 Å². The second-order valence-electron chi connectivity index (χ2n) is 6.16. The number of H-pyrrole nitrogens is 1. The number of hydrogen-bond donors (Lipinski definition) is 5. The second-order valence-corrected chi connectivity index (χ2v) is 6.60. The number of ether oxygens (including phenoxy) is 1. The van der Waals surface area contributed by atoms with Crippen molar-refractivity contribution in [2.24, 2.45) is 0 Å². The van der Waals surface area contributed by atoms with Gasteiger partial charge in [0.15, 0.2) is 17.4 Å². The fourth-order valence-corrected chi connectivity index (χ4v) is 3.26. The number of nitrogen functional groups attached to an aromatic ring is 1. The van der Waals surface area contributed by atoms with Crippen molar-refractivity contribution in [1.82, 2.24) is 19.5 Å². The van der Waals surface area contributed by atoms with Gasteiger partial charge >= 0.3 is 0 Å². The summed E-state index contributed by atoms with van der Waals surface area (Å²) in [5, 5.41) is 30.4. The molecule has 10 nitrogen and oxygen atoms in total. The minimum absolute atomic E-state index is 0.00751. The second kappa shape index (κ2) is 6.59. The fourth-order valence-electron chi connectivity index (χ4n) is 3.14. The molecule has 1 aliphatic rings. The lowest BCUT2D eigenvalue weighted by atomic mass is 10.1. The van der Waals surface area contributed by atoms with Crippen LogP contribution in [0.5, 0.6) is 0 Å². The topological polar surface area (TPSA) is 160 Å². The Balaban J connectivity index is 1.98. The van der Waals surface area contributed by atoms with E-state index in [2.05, 4.69) is 15.0 Å². The maximum absolute atomic E-state index is 12.3. The Morgan fingerprint density at radius 2 is 1.93 bits per heavy atom. The van der Waals surface area contributed by atoms with Gasteiger partial charge in [0.2, 0.25) is 5.95 Å². The summed E-state index contributed by atoms with van der Waals surface area (Å²) in [6.45, 7) is -0.492. The van der Waals surface area contributed by atoms with Gasteiger partial charge in [-0.3, -0.25) is 14.3 Å². The normalized spacial score (nSPS) is 25.3. The molecule has 11 heteroatoms. The van der Waals surface area contributed by atoms with Crippen LogP contribution in [0.3, 0.4) is 0 Å². The first-order valence-electron chi connectivity index (χ1n) is 8.07. The van der Waals surface area contributed by atoms with Gasteiger partial charge in [0.25, 0.3) is 5.56 Å². The number of nitrogens with zero attached hydrogens (tertiary/aromatic N) is 3. The number of nitrogens with one attached hydrogen (secondary N) is 1. The molecule has 4 rings (SSSR count). The van der Waals surface area contributed by atoms with E-state index in [0.717, 1.165) is 0 Å². The van der Waals surface area contributed by atoms with E-state index in [1.54, 1.807) is 24.3 Å². The zero-order valence-electron chi connectivity index (χ0n) is 13.8. The number of rotatable bonds is 3. The molecule has 142 valence electrons. The van der Waals surface area contributed by atoms with Crippen LogP contribution < -0.4 is 11.3 Å². The van der Waals surface area contributed by atoms with Crippen molar-refractivity contribution < 1.29 is 20.1 Å². The standard InChI is InChI=1S/C16H16ClN5O5/c17-7-3-1-6(2-4-7)12-19-9-13(20-16(18)21-14(9)26)22(12)15-11(25)10(24)8(5-23)27-15/h1-4,8,10-11,15,23-25H,5H2,(H3,18,20,21,26)/t8-,10-,11-,15-/m1/s1. The van der Waals surface area contributed by atoms with Gasteiger partial charge in [0, 0.05) is 10.6 Å². The monoisotopic (exact) mass is 393 g/mol. The predicted octanol–water partition coefficient (Wildman–Crippen LogP) is -0.366. The van der Waals surface area contributed by atoms with Gasteiger partial charge in [-0.2, -0.15) is 4.98 Å². The van der Waals surface area contributed by atoms with E-state index in [1.807, 2.05) is 0 Å². The van der Waals surface area contributed by atoms with Crippen LogP contribution in [0.1, 0.15) is 6.23 Å². The molecule has 1 fully saturated rings. The number of aromatic nitrogens is 4. The van der Waals surface area contributed by atoms with E-state index in [1.165, 1.54) is 4.57 Å². The minimum atomic E-state index is -1.38. The SMILES string of the molecule is Nc1nc2c(nc(-c3ccc(Cl)cc3)n2[C@@H]2O[C@H](CO)[C@@H](O)[C@H]2O)c(=O)[nH]1. The van der Waals surface area contributed by atoms with E-state index >= 15 is 0 Å². The number of aliphatic hydroxyl groups is 3. The first kappa shape index (κ1) is 17.9. The fraction of sp³-hybridized carbons (Fsp3) is 0.312. The highest BCUT2D eigenvalue weighted by Crippen LogP contribution is 2.35. The van der Waals surface area contributed by atoms with Crippen molar-refractivity contribution in [2.45, 2.75) is 24.5 Å². The summed E-state index contributed by atoms with van der Waals surface area (Å²) >= 11 is 5.93. The summed E-state index contributed by atoms with van der Waals surface area (Å²) in [5.74, 6) is 0.128. The number of aliphatic hydroxyl groups excluding tert-OH is 3. The van der Waals surface area contributed by atoms with Gasteiger partial charge in [-0.25, -0.2) is 4.98 Å². The van der Waals surface area contributed by atoms with Crippen LogP contribution in [0.15, 0.2) is 29.1 Å². The third kappa shape index (κ3) is 2.87. The molecule has 0 amide bonds. The lowest BCUT2D eigenvalue weighted by molar-refractivity contribution is -0.0503. The molecule has 0 aliphatic carbocycles. The van der Waals surface area contributed by atoms with Crippen LogP contribution in [0.25, 0.3) is 22.6 Å². The molecular formula is C16H16ClN5O5. The predicted molar refractivity (Wildman–Crippen MR) is 96.0 cm³/mol. The van der Waals surface area contributed by atoms with Crippen LogP contribution in [-0.2, 0) is 4.74 Å². The third-order valence-corrected chi connectivity index (χ3v) is 4.69. The van der Waals surface area contributed by atoms with Crippen molar-refractivity contribution in [2.75, 3.05) is 12.3 Å². The molecule has 27 heavy (non-hydrogen) atoms. The Morgan fingerprint density at radius 3 is 2.56 bits per heavy atom. The molecule has 1 saturated heterocycles. The average molecular weight is 394 g/mol. The summed E-state index contributed by atoms with van der Waals surface area (Å²) in [6.07, 6.45) is -4.84. The van der Waals surface area contributed by atoms with Crippen LogP contribution in [0.2, 0.25) is 5.02 Å². The molecule has 0 bridgehead atoms. The van der Waals surface area contributed by atoms with Crippen molar-refractivity contribution in [3.05, 3.63) is 39.6 Å². The molecular weight excluding hydrogens is 378 g/mol. The molecule has 6 N–H and O–H groups in total. The lowest BCUT2D eigenvalue weighted by Crippen LogP contribution is -2.33. The van der Waals surface area contributed by atoms with E-state index in [0.29, 0.717) is 10.6 Å². The van der Waals surface area contributed by atoms with Crippen molar-refractivity contribution in [3.8, 4) is 11.4 Å². The molecule has 0 radical (unpaired) electrons. The largest absolute Gasteiger partial charge is 0.394 e. The maximum atomic E-state index is 12.3. The van der Waals surface area contributed by atoms with Gasteiger partial charge in [0.05, 0.1) is 6.61 Å². The first-order chi connectivity index (χ1) is 12.9. The summed E-state index contributed by atoms with van der Waals surface area (Å²) in [6, 6.07) is 6.64. The molecule has 4 atom stereocenters. The number of aromatic amines is 1. The summed E-state index contributed by atoms with van der Waals surface area (Å²) in [4.78, 5) is 23.1. The lowest BCUT2D eigenvalue weighted by Gasteiger charge is -2.19. The van der Waals surface area contributed by atoms with E-state index in [9.17, 15) is 20.1 Å². The number of halogens is 1. The minimum Gasteiger partial charge on any atom is -0.394 e. The molecule has 3 heterocycles. The molecule has 0 spiro atoms. The van der Waals surface area contributed by atoms with E-state index in [-0.39, 0.29) is 22.9 Å². The summed E-state index contributed by atoms with van der Waals surface area (Å²) in [5.41, 5.74) is 5.75. The van der Waals surface area contributed by atoms with Crippen LogP contribution in [0, 0.1) is 0 Å². The highest BCUT2D eigenvalue weighted by atomic mass is 35.5. The summed E-state index contributed by atoms with van der Waals surface area (Å²) < 4.78 is 6.99. The van der Waals surface area contributed by atoms with E-state index in [4.69, 9.17) is 22.1 Å². The van der Waals surface area contributed by atoms with Gasteiger partial charge in [-0.1, -0.05) is 11.6 Å². The Bertz CT molecular complexity index is 1050. The van der Waals surface area contributed by atoms with Crippen molar-refractivity contribution in [1.29, 1.82) is 0 Å². The average Bonchev–Trinajstić information content (AvgIpc) is 3.14. The van der Waals surface area contributed by atoms with Crippen molar-refractivity contribution >= 4 is 28.7 Å². The highest BCUT2D eigenvalue weighted by Gasteiger charge is 2.45. The van der Waals surface area contributed by atoms with Gasteiger partial charge < -0.3 is 25.8 Å². The number of imidazole rings is 1. The first-order valence-corrected chi connectivity index (χ1v) is 8.44. The smallest absolute Gasteiger partial charge is 0.280 e. The zero-order valence-corrected chi connectivity index (χ0v) is 14.5. The van der Waals surface area contributed by atoms with Gasteiger partial charge in [0.1, 0.15) is 24.1 Å². The number of benzene rings is 1. The summed E-state index contributed by atoms with van der Waals surface area (Å²) in [7, 11) is 0. The molecule has 1 aromatic carbocycles. The molecule has 2 aromatic heterocycles. The van der Waals surface area contributed by atoms with E-state index < -0.39 is 36.7 Å². The Morgan fingerprint density at radius 1 is 1.22 bits per heavy atom. The Kier molecular flexibility index (Phi) is 4.36. The molecule has 0 unspecified atom stereocenters. The van der Waals surface area contributed by atoms with Gasteiger partial charge in [-0.05, 0) is 24.3 Å². The Labute approximate surface area is 156 Å². The molecule has 0 saturated carbocycles. The number of hydrogen-bond acceptors (Lipinski definition) is 8. The Hall–Kier alpha value is -2.50. The zero-order chi connectivity index (χ0) is 19.3. The number of anilines is 1. The van der Waals surface area contributed by atoms with Crippen molar-refractivity contribution in [3.63, 3.8) is 0 Å². The number of nitrogens with two attached hydrogens (primary N) is 1. The quantitative estimate of drug-likeness (QED) is 0.403. The van der Waals surface area contributed by atoms with Crippen LogP contribution >= 0.6 is 11.6 Å². The number of fused-ring (bicyclic) bond motifs is 1. The van der Waals surface area contributed by atoms with Crippen LogP contribution in [-0.4, -0.2) is 59.8 Å².